The lowest BCUT2D eigenvalue weighted by Gasteiger charge is -2.06. The highest BCUT2D eigenvalue weighted by Gasteiger charge is 2.01. The van der Waals surface area contributed by atoms with Gasteiger partial charge in [0.25, 0.3) is 5.91 Å². The van der Waals surface area contributed by atoms with Gasteiger partial charge in [-0.1, -0.05) is 60.1 Å². The van der Waals surface area contributed by atoms with Crippen molar-refractivity contribution in [3.63, 3.8) is 0 Å². The van der Waals surface area contributed by atoms with Gasteiger partial charge in [0.15, 0.2) is 0 Å². The number of amides is 1. The zero-order chi connectivity index (χ0) is 16.8. The molecule has 0 saturated heterocycles. The van der Waals surface area contributed by atoms with E-state index >= 15 is 0 Å². The molecule has 0 aliphatic carbocycles. The Morgan fingerprint density at radius 1 is 1.00 bits per heavy atom. The number of carbonyl (C=O) groups is 1. The smallest absolute Gasteiger partial charge is 0.259 e. The third-order valence-electron chi connectivity index (χ3n) is 3.50. The topological polar surface area (TPSA) is 53.5 Å². The first-order chi connectivity index (χ1) is 11.7. The molecule has 1 amide bonds. The Bertz CT molecular complexity index is 892. The van der Waals surface area contributed by atoms with Crippen molar-refractivity contribution in [1.82, 2.24) is 5.43 Å². The van der Waals surface area contributed by atoms with Gasteiger partial charge >= 0.3 is 0 Å². The van der Waals surface area contributed by atoms with Crippen molar-refractivity contribution in [3.8, 4) is 0 Å². The fraction of sp³-hybridized carbons (Fsp3) is 0.0526. The summed E-state index contributed by atoms with van der Waals surface area (Å²) in [7, 11) is 0. The second kappa shape index (κ2) is 7.62. The second-order valence-electron chi connectivity index (χ2n) is 5.23. The summed E-state index contributed by atoms with van der Waals surface area (Å²) < 4.78 is 0. The quantitative estimate of drug-likeness (QED) is 0.545. The number of hydrazone groups is 1. The zero-order valence-corrected chi connectivity index (χ0v) is 13.6. The lowest BCUT2D eigenvalue weighted by Crippen LogP contribution is -2.25. The van der Waals surface area contributed by atoms with Crippen molar-refractivity contribution in [2.24, 2.45) is 5.10 Å². The number of hydrogen-bond acceptors (Lipinski definition) is 3. The number of fused-ring (bicyclic) bond motifs is 1. The van der Waals surface area contributed by atoms with Gasteiger partial charge in [-0.25, -0.2) is 5.43 Å². The molecule has 0 heterocycles. The number of halogens is 1. The second-order valence-corrected chi connectivity index (χ2v) is 5.64. The fourth-order valence-corrected chi connectivity index (χ4v) is 2.46. The summed E-state index contributed by atoms with van der Waals surface area (Å²) in [5.41, 5.74) is 4.11. The maximum Gasteiger partial charge on any atom is 0.259 e. The molecular weight excluding hydrogens is 322 g/mol. The number of carbonyl (C=O) groups excluding carboxylic acids is 1. The summed E-state index contributed by atoms with van der Waals surface area (Å²) in [6.45, 7) is 0.137. The van der Waals surface area contributed by atoms with Gasteiger partial charge in [0.2, 0.25) is 0 Å². The normalized spacial score (nSPS) is 10.9. The molecule has 2 N–H and O–H groups in total. The third kappa shape index (κ3) is 4.12. The Hall–Kier alpha value is -2.85. The average molecular weight is 338 g/mol. The van der Waals surface area contributed by atoms with Gasteiger partial charge in [0.05, 0.1) is 12.8 Å². The van der Waals surface area contributed by atoms with Gasteiger partial charge in [0.1, 0.15) is 0 Å². The van der Waals surface area contributed by atoms with Crippen molar-refractivity contribution in [2.75, 3.05) is 11.9 Å². The molecule has 0 aliphatic rings. The predicted molar refractivity (Wildman–Crippen MR) is 99.6 cm³/mol. The summed E-state index contributed by atoms with van der Waals surface area (Å²) in [6.07, 6.45) is 1.52. The molecule has 0 fully saturated rings. The van der Waals surface area contributed by atoms with Gasteiger partial charge < -0.3 is 5.32 Å². The Balaban J connectivity index is 1.54. The summed E-state index contributed by atoms with van der Waals surface area (Å²) in [4.78, 5) is 11.8. The van der Waals surface area contributed by atoms with E-state index in [9.17, 15) is 4.79 Å². The van der Waals surface area contributed by atoms with Crippen LogP contribution in [-0.2, 0) is 4.79 Å². The maximum atomic E-state index is 11.8. The minimum atomic E-state index is -0.230. The number of hydrogen-bond donors (Lipinski definition) is 2. The van der Waals surface area contributed by atoms with Crippen LogP contribution in [-0.4, -0.2) is 18.7 Å². The summed E-state index contributed by atoms with van der Waals surface area (Å²) >= 11 is 6.01. The Morgan fingerprint density at radius 2 is 1.75 bits per heavy atom. The van der Waals surface area contributed by atoms with Crippen LogP contribution in [0.25, 0.3) is 10.8 Å². The molecule has 120 valence electrons. The van der Waals surface area contributed by atoms with Crippen LogP contribution in [0.4, 0.5) is 5.69 Å². The third-order valence-corrected chi connectivity index (χ3v) is 3.84. The molecule has 3 aromatic carbocycles. The van der Waals surface area contributed by atoms with Crippen LogP contribution < -0.4 is 10.7 Å². The van der Waals surface area contributed by atoms with Crippen LogP contribution in [0.2, 0.25) is 5.02 Å². The zero-order valence-electron chi connectivity index (χ0n) is 12.9. The Morgan fingerprint density at radius 3 is 2.58 bits per heavy atom. The summed E-state index contributed by atoms with van der Waals surface area (Å²) in [5, 5.41) is 9.88. The summed E-state index contributed by atoms with van der Waals surface area (Å²) in [6, 6.07) is 21.3. The number of benzene rings is 3. The average Bonchev–Trinajstić information content (AvgIpc) is 2.61. The highest BCUT2D eigenvalue weighted by atomic mass is 35.5. The fourth-order valence-electron chi connectivity index (χ4n) is 2.27. The van der Waals surface area contributed by atoms with E-state index in [4.69, 9.17) is 11.6 Å². The number of anilines is 1. The monoisotopic (exact) mass is 337 g/mol. The molecule has 0 aromatic heterocycles. The first-order valence-corrected chi connectivity index (χ1v) is 7.89. The molecule has 4 nitrogen and oxygen atoms in total. The molecule has 0 atom stereocenters. The van der Waals surface area contributed by atoms with Gasteiger partial charge in [-0.3, -0.25) is 4.79 Å². The number of rotatable bonds is 5. The molecule has 0 radical (unpaired) electrons. The molecule has 0 unspecified atom stereocenters. The van der Waals surface area contributed by atoms with Crippen molar-refractivity contribution in [3.05, 3.63) is 77.3 Å². The molecule has 24 heavy (non-hydrogen) atoms. The van der Waals surface area contributed by atoms with E-state index in [0.717, 1.165) is 22.0 Å². The van der Waals surface area contributed by atoms with Crippen molar-refractivity contribution in [2.45, 2.75) is 0 Å². The predicted octanol–water partition coefficient (Wildman–Crippen LogP) is 4.06. The van der Waals surface area contributed by atoms with Crippen molar-refractivity contribution >= 4 is 40.2 Å². The molecule has 3 rings (SSSR count). The van der Waals surface area contributed by atoms with E-state index in [-0.39, 0.29) is 12.5 Å². The Labute approximate surface area is 145 Å². The molecule has 5 heteroatoms. The van der Waals surface area contributed by atoms with Gasteiger partial charge in [-0.2, -0.15) is 5.10 Å². The van der Waals surface area contributed by atoms with Crippen LogP contribution in [0, 0.1) is 0 Å². The minimum Gasteiger partial charge on any atom is -0.376 e. The van der Waals surface area contributed by atoms with E-state index in [0.29, 0.717) is 5.02 Å². The standard InChI is InChI=1S/C19H16ClN3O/c20-18-8-4-3-7-16(18)12-22-23-19(24)13-21-17-10-9-14-5-1-2-6-15(14)11-17/h1-12,21H,13H2,(H,23,24). The SMILES string of the molecule is O=C(CNc1ccc2ccccc2c1)NN=Cc1ccccc1Cl. The molecule has 3 aromatic rings. The van der Waals surface area contributed by atoms with E-state index < -0.39 is 0 Å². The van der Waals surface area contributed by atoms with Gasteiger partial charge in [-0.05, 0) is 29.0 Å². The lowest BCUT2D eigenvalue weighted by molar-refractivity contribution is -0.119. The van der Waals surface area contributed by atoms with Gasteiger partial charge in [-0.15, -0.1) is 0 Å². The first-order valence-electron chi connectivity index (χ1n) is 7.51. The van der Waals surface area contributed by atoms with Gasteiger partial charge in [0, 0.05) is 16.3 Å². The first kappa shape index (κ1) is 16.0. The maximum absolute atomic E-state index is 11.8. The molecule has 0 spiro atoms. The number of nitrogens with one attached hydrogen (secondary N) is 2. The van der Waals surface area contributed by atoms with Crippen molar-refractivity contribution in [1.29, 1.82) is 0 Å². The summed E-state index contributed by atoms with van der Waals surface area (Å²) in [5.74, 6) is -0.230. The molecule has 0 saturated carbocycles. The Kier molecular flexibility index (Phi) is 5.08. The van der Waals surface area contributed by atoms with Crippen LogP contribution in [0.1, 0.15) is 5.56 Å². The van der Waals surface area contributed by atoms with Crippen molar-refractivity contribution < 1.29 is 4.79 Å². The highest BCUT2D eigenvalue weighted by molar-refractivity contribution is 6.33. The molecule has 0 bridgehead atoms. The van der Waals surface area contributed by atoms with Crippen LogP contribution >= 0.6 is 11.6 Å². The van der Waals surface area contributed by atoms with E-state index in [1.807, 2.05) is 54.6 Å². The van der Waals surface area contributed by atoms with Crippen LogP contribution in [0.3, 0.4) is 0 Å². The number of nitrogens with zero attached hydrogens (tertiary/aromatic N) is 1. The van der Waals surface area contributed by atoms with E-state index in [1.165, 1.54) is 6.21 Å². The molecule has 0 aliphatic heterocycles. The van der Waals surface area contributed by atoms with Crippen LogP contribution in [0.15, 0.2) is 71.8 Å². The van der Waals surface area contributed by atoms with E-state index in [1.54, 1.807) is 6.07 Å². The minimum absolute atomic E-state index is 0.137. The van der Waals surface area contributed by atoms with E-state index in [2.05, 4.69) is 21.9 Å². The van der Waals surface area contributed by atoms with Crippen LogP contribution in [0.5, 0.6) is 0 Å². The largest absolute Gasteiger partial charge is 0.376 e. The lowest BCUT2D eigenvalue weighted by atomic mass is 10.1. The molecular formula is C19H16ClN3O. The highest BCUT2D eigenvalue weighted by Crippen LogP contribution is 2.18.